The van der Waals surface area contributed by atoms with E-state index in [2.05, 4.69) is 10.3 Å². The van der Waals surface area contributed by atoms with Crippen molar-refractivity contribution in [1.29, 1.82) is 0 Å². The van der Waals surface area contributed by atoms with Crippen LogP contribution in [0.3, 0.4) is 0 Å². The number of nitrogens with two attached hydrogens (primary N) is 1. The van der Waals surface area contributed by atoms with Crippen LogP contribution in [-0.4, -0.2) is 30.6 Å². The van der Waals surface area contributed by atoms with E-state index in [1.54, 1.807) is 5.51 Å². The third-order valence-electron chi connectivity index (χ3n) is 1.79. The molecule has 1 heterocycles. The zero-order chi connectivity index (χ0) is 11.1. The molecule has 0 radical (unpaired) electrons. The minimum atomic E-state index is -0.128. The highest BCUT2D eigenvalue weighted by Crippen LogP contribution is 2.10. The fourth-order valence-corrected chi connectivity index (χ4v) is 1.69. The summed E-state index contributed by atoms with van der Waals surface area (Å²) in [5, 5.41) is 2.75. The molecular formula is C9H15N3O2S. The lowest BCUT2D eigenvalue weighted by Crippen LogP contribution is -2.28. The third kappa shape index (κ3) is 4.37. The second kappa shape index (κ2) is 6.49. The van der Waals surface area contributed by atoms with E-state index in [0.29, 0.717) is 19.7 Å². The summed E-state index contributed by atoms with van der Waals surface area (Å²) in [5.74, 6) is -0.128. The molecule has 1 aromatic rings. The van der Waals surface area contributed by atoms with Gasteiger partial charge < -0.3 is 15.8 Å². The largest absolute Gasteiger partial charge is 0.370 e. The van der Waals surface area contributed by atoms with Gasteiger partial charge >= 0.3 is 0 Å². The van der Waals surface area contributed by atoms with Crippen LogP contribution >= 0.6 is 11.3 Å². The van der Waals surface area contributed by atoms with Gasteiger partial charge in [-0.25, -0.2) is 4.98 Å². The summed E-state index contributed by atoms with van der Waals surface area (Å²) in [5.41, 5.74) is 7.95. The molecule has 0 saturated heterocycles. The smallest absolute Gasteiger partial charge is 0.246 e. The van der Waals surface area contributed by atoms with Crippen LogP contribution in [0, 0.1) is 6.92 Å². The van der Waals surface area contributed by atoms with Crippen LogP contribution in [0.1, 0.15) is 10.6 Å². The summed E-state index contributed by atoms with van der Waals surface area (Å²) < 4.78 is 5.00. The van der Waals surface area contributed by atoms with Gasteiger partial charge in [0.05, 0.1) is 24.4 Å². The number of aromatic nitrogens is 1. The van der Waals surface area contributed by atoms with Crippen LogP contribution < -0.4 is 11.1 Å². The summed E-state index contributed by atoms with van der Waals surface area (Å²) in [4.78, 5) is 16.4. The second-order valence-corrected chi connectivity index (χ2v) is 3.92. The number of aryl methyl sites for hydroxylation is 1. The van der Waals surface area contributed by atoms with Crippen molar-refractivity contribution >= 4 is 17.2 Å². The Morgan fingerprint density at radius 3 is 3.13 bits per heavy atom. The van der Waals surface area contributed by atoms with E-state index in [1.165, 1.54) is 11.3 Å². The van der Waals surface area contributed by atoms with Crippen LogP contribution in [0.2, 0.25) is 0 Å². The molecule has 0 atom stereocenters. The summed E-state index contributed by atoms with van der Waals surface area (Å²) in [7, 11) is 0. The van der Waals surface area contributed by atoms with E-state index in [4.69, 9.17) is 10.5 Å². The third-order valence-corrected chi connectivity index (χ3v) is 2.72. The molecule has 3 N–H and O–H groups in total. The zero-order valence-corrected chi connectivity index (χ0v) is 9.47. The van der Waals surface area contributed by atoms with Crippen molar-refractivity contribution in [1.82, 2.24) is 10.3 Å². The molecule has 6 heteroatoms. The molecule has 1 amide bonds. The van der Waals surface area contributed by atoms with Crippen LogP contribution in [-0.2, 0) is 16.1 Å². The number of amides is 1. The van der Waals surface area contributed by atoms with Gasteiger partial charge in [-0.2, -0.15) is 0 Å². The Bertz CT molecular complexity index is 314. The van der Waals surface area contributed by atoms with E-state index in [1.807, 2.05) is 6.92 Å². The van der Waals surface area contributed by atoms with Gasteiger partial charge in [0, 0.05) is 11.4 Å². The molecule has 0 aliphatic carbocycles. The molecule has 0 aliphatic rings. The lowest BCUT2D eigenvalue weighted by Gasteiger charge is -2.04. The predicted octanol–water partition coefficient (Wildman–Crippen LogP) is 0.0430. The van der Waals surface area contributed by atoms with Crippen molar-refractivity contribution in [2.45, 2.75) is 13.5 Å². The van der Waals surface area contributed by atoms with Crippen LogP contribution in [0.4, 0.5) is 0 Å². The van der Waals surface area contributed by atoms with E-state index in [-0.39, 0.29) is 12.5 Å². The number of rotatable bonds is 6. The summed E-state index contributed by atoms with van der Waals surface area (Å²) >= 11 is 1.53. The SMILES string of the molecule is Cc1ncsc1CNC(=O)COCCN. The summed E-state index contributed by atoms with van der Waals surface area (Å²) in [6.45, 7) is 3.34. The summed E-state index contributed by atoms with van der Waals surface area (Å²) in [6, 6.07) is 0. The maximum atomic E-state index is 11.2. The topological polar surface area (TPSA) is 77.2 Å². The first kappa shape index (κ1) is 12.1. The molecule has 5 nitrogen and oxygen atoms in total. The van der Waals surface area contributed by atoms with E-state index >= 15 is 0 Å². The number of ether oxygens (including phenoxy) is 1. The number of carbonyl (C=O) groups excluding carboxylic acids is 1. The molecule has 0 bridgehead atoms. The number of thiazole rings is 1. The normalized spacial score (nSPS) is 10.3. The standard InChI is InChI=1S/C9H15N3O2S/c1-7-8(15-6-12-7)4-11-9(13)5-14-3-2-10/h6H,2-5,10H2,1H3,(H,11,13). The molecule has 0 saturated carbocycles. The average Bonchev–Trinajstić information content (AvgIpc) is 2.61. The van der Waals surface area contributed by atoms with Crippen molar-refractivity contribution in [2.75, 3.05) is 19.8 Å². The van der Waals surface area contributed by atoms with Crippen LogP contribution in [0.25, 0.3) is 0 Å². The fraction of sp³-hybridized carbons (Fsp3) is 0.556. The van der Waals surface area contributed by atoms with Gasteiger partial charge in [-0.1, -0.05) is 0 Å². The number of hydrogen-bond donors (Lipinski definition) is 2. The monoisotopic (exact) mass is 229 g/mol. The number of carbonyl (C=O) groups is 1. The molecule has 0 aromatic carbocycles. The minimum absolute atomic E-state index is 0.0645. The fourth-order valence-electron chi connectivity index (χ4n) is 0.974. The van der Waals surface area contributed by atoms with Gasteiger partial charge in [0.1, 0.15) is 6.61 Å². The number of hydrogen-bond acceptors (Lipinski definition) is 5. The Labute approximate surface area is 92.6 Å². The Kier molecular flexibility index (Phi) is 5.23. The first-order valence-electron chi connectivity index (χ1n) is 4.67. The molecule has 0 aliphatic heterocycles. The molecule has 15 heavy (non-hydrogen) atoms. The van der Waals surface area contributed by atoms with E-state index < -0.39 is 0 Å². The Morgan fingerprint density at radius 1 is 1.73 bits per heavy atom. The molecule has 1 rings (SSSR count). The highest BCUT2D eigenvalue weighted by atomic mass is 32.1. The Balaban J connectivity index is 2.20. The lowest BCUT2D eigenvalue weighted by atomic mass is 10.4. The van der Waals surface area contributed by atoms with Crippen molar-refractivity contribution in [3.05, 3.63) is 16.1 Å². The van der Waals surface area contributed by atoms with Gasteiger partial charge in [-0.3, -0.25) is 4.79 Å². The van der Waals surface area contributed by atoms with E-state index in [9.17, 15) is 4.79 Å². The molecule has 0 fully saturated rings. The minimum Gasteiger partial charge on any atom is -0.370 e. The lowest BCUT2D eigenvalue weighted by molar-refractivity contribution is -0.125. The Hall–Kier alpha value is -0.980. The van der Waals surface area contributed by atoms with Crippen molar-refractivity contribution in [3.8, 4) is 0 Å². The van der Waals surface area contributed by atoms with Gasteiger partial charge in [0.15, 0.2) is 0 Å². The van der Waals surface area contributed by atoms with Gasteiger partial charge in [0.2, 0.25) is 5.91 Å². The molecule has 84 valence electrons. The number of nitrogens with zero attached hydrogens (tertiary/aromatic N) is 1. The average molecular weight is 229 g/mol. The molecule has 0 unspecified atom stereocenters. The summed E-state index contributed by atoms with van der Waals surface area (Å²) in [6.07, 6.45) is 0. The Morgan fingerprint density at radius 2 is 2.53 bits per heavy atom. The van der Waals surface area contributed by atoms with Gasteiger partial charge in [-0.05, 0) is 6.92 Å². The molecule has 0 spiro atoms. The van der Waals surface area contributed by atoms with Crippen molar-refractivity contribution in [2.24, 2.45) is 5.73 Å². The van der Waals surface area contributed by atoms with Gasteiger partial charge in [-0.15, -0.1) is 11.3 Å². The predicted molar refractivity (Wildman–Crippen MR) is 58.6 cm³/mol. The van der Waals surface area contributed by atoms with Crippen molar-refractivity contribution in [3.63, 3.8) is 0 Å². The van der Waals surface area contributed by atoms with Crippen molar-refractivity contribution < 1.29 is 9.53 Å². The zero-order valence-electron chi connectivity index (χ0n) is 8.66. The first-order valence-corrected chi connectivity index (χ1v) is 5.55. The number of nitrogens with one attached hydrogen (secondary N) is 1. The molecule has 1 aromatic heterocycles. The highest BCUT2D eigenvalue weighted by molar-refractivity contribution is 7.09. The van der Waals surface area contributed by atoms with Crippen LogP contribution in [0.15, 0.2) is 5.51 Å². The van der Waals surface area contributed by atoms with Crippen LogP contribution in [0.5, 0.6) is 0 Å². The van der Waals surface area contributed by atoms with E-state index in [0.717, 1.165) is 10.6 Å². The second-order valence-electron chi connectivity index (χ2n) is 2.98. The molecular weight excluding hydrogens is 214 g/mol. The maximum absolute atomic E-state index is 11.2. The van der Waals surface area contributed by atoms with Gasteiger partial charge in [0.25, 0.3) is 0 Å². The highest BCUT2D eigenvalue weighted by Gasteiger charge is 2.04. The maximum Gasteiger partial charge on any atom is 0.246 e. The quantitative estimate of drug-likeness (QED) is 0.675. The first-order chi connectivity index (χ1) is 7.24.